The number of carbonyl (C=O) groups excluding carboxylic acids is 2. The number of hydrogen-bond acceptors (Lipinski definition) is 2. The summed E-state index contributed by atoms with van der Waals surface area (Å²) in [6.45, 7) is 0.272. The molecule has 4 heteroatoms. The van der Waals surface area contributed by atoms with Gasteiger partial charge in [-0.15, -0.1) is 0 Å². The first kappa shape index (κ1) is 14.6. The van der Waals surface area contributed by atoms with E-state index in [2.05, 4.69) is 0 Å². The van der Waals surface area contributed by atoms with Gasteiger partial charge in [-0.25, -0.2) is 4.39 Å². The van der Waals surface area contributed by atoms with Gasteiger partial charge in [-0.05, 0) is 41.6 Å². The molecule has 0 saturated carbocycles. The Labute approximate surface area is 138 Å². The number of nitrogens with zero attached hydrogens (tertiary/aromatic N) is 1. The van der Waals surface area contributed by atoms with Gasteiger partial charge in [0.1, 0.15) is 5.82 Å². The second kappa shape index (κ2) is 5.57. The summed E-state index contributed by atoms with van der Waals surface area (Å²) in [5.41, 5.74) is 2.00. The van der Waals surface area contributed by atoms with Crippen molar-refractivity contribution >= 4 is 22.6 Å². The number of carbonyl (C=O) groups is 2. The normalized spacial score (nSPS) is 13.6. The molecule has 0 spiro atoms. The minimum Gasteiger partial charge on any atom is -0.274 e. The molecule has 24 heavy (non-hydrogen) atoms. The van der Waals surface area contributed by atoms with Crippen molar-refractivity contribution in [3.8, 4) is 0 Å². The van der Waals surface area contributed by atoms with Crippen LogP contribution in [0.3, 0.4) is 0 Å². The molecule has 0 bridgehead atoms. The Morgan fingerprint density at radius 2 is 1.38 bits per heavy atom. The zero-order chi connectivity index (χ0) is 16.7. The van der Waals surface area contributed by atoms with Gasteiger partial charge in [-0.3, -0.25) is 14.5 Å². The summed E-state index contributed by atoms with van der Waals surface area (Å²) in [6, 6.07) is 17.1. The van der Waals surface area contributed by atoms with Crippen LogP contribution in [0.4, 0.5) is 4.39 Å². The molecule has 1 aliphatic heterocycles. The number of benzene rings is 3. The molecule has 0 atom stereocenters. The lowest BCUT2D eigenvalue weighted by Crippen LogP contribution is -2.41. The molecule has 118 valence electrons. The lowest BCUT2D eigenvalue weighted by atomic mass is 9.94. The maximum atomic E-state index is 13.0. The molecule has 0 radical (unpaired) electrons. The molecule has 0 aromatic heterocycles. The number of rotatable bonds is 3. The highest BCUT2D eigenvalue weighted by Crippen LogP contribution is 2.29. The molecule has 1 heterocycles. The first-order valence-corrected chi connectivity index (χ1v) is 7.77. The molecule has 0 aliphatic carbocycles. The van der Waals surface area contributed by atoms with Crippen LogP contribution in [-0.4, -0.2) is 23.3 Å². The number of halogens is 1. The van der Waals surface area contributed by atoms with E-state index in [1.165, 1.54) is 17.0 Å². The maximum Gasteiger partial charge on any atom is 0.261 e. The van der Waals surface area contributed by atoms with Crippen molar-refractivity contribution < 1.29 is 14.0 Å². The van der Waals surface area contributed by atoms with E-state index >= 15 is 0 Å². The van der Waals surface area contributed by atoms with Gasteiger partial charge in [0.05, 0.1) is 0 Å². The lowest BCUT2D eigenvalue weighted by Gasteiger charge is -2.27. The average Bonchev–Trinajstić information content (AvgIpc) is 2.61. The summed E-state index contributed by atoms with van der Waals surface area (Å²) in [4.78, 5) is 26.7. The monoisotopic (exact) mass is 319 g/mol. The summed E-state index contributed by atoms with van der Waals surface area (Å²) in [7, 11) is 0. The summed E-state index contributed by atoms with van der Waals surface area (Å²) in [5, 5.41) is 1.62. The Balaban J connectivity index is 1.68. The van der Waals surface area contributed by atoms with E-state index < -0.39 is 0 Å². The van der Waals surface area contributed by atoms with E-state index in [4.69, 9.17) is 0 Å². The molecule has 3 nitrogen and oxygen atoms in total. The molecule has 3 aromatic rings. The third-order valence-corrected chi connectivity index (χ3v) is 4.39. The Kier molecular flexibility index (Phi) is 3.38. The van der Waals surface area contributed by atoms with Crippen LogP contribution in [0.25, 0.3) is 10.8 Å². The van der Waals surface area contributed by atoms with Gasteiger partial charge in [0, 0.05) is 23.1 Å². The summed E-state index contributed by atoms with van der Waals surface area (Å²) in [6.07, 6.45) is 0.496. The first-order chi connectivity index (χ1) is 11.6. The third kappa shape index (κ3) is 2.27. The Hall–Kier alpha value is -3.01. The Bertz CT molecular complexity index is 912. The van der Waals surface area contributed by atoms with Crippen molar-refractivity contribution in [2.45, 2.75) is 6.42 Å². The van der Waals surface area contributed by atoms with E-state index in [-0.39, 0.29) is 24.2 Å². The maximum absolute atomic E-state index is 13.0. The number of amides is 2. The molecule has 3 aromatic carbocycles. The van der Waals surface area contributed by atoms with Gasteiger partial charge in [0.25, 0.3) is 11.8 Å². The summed E-state index contributed by atoms with van der Waals surface area (Å²) >= 11 is 0. The zero-order valence-electron chi connectivity index (χ0n) is 12.8. The fraction of sp³-hybridized carbons (Fsp3) is 0.100. The van der Waals surface area contributed by atoms with Crippen molar-refractivity contribution in [1.29, 1.82) is 0 Å². The molecular weight excluding hydrogens is 305 g/mol. The van der Waals surface area contributed by atoms with Crippen LogP contribution in [-0.2, 0) is 6.42 Å². The molecule has 0 saturated heterocycles. The van der Waals surface area contributed by atoms with E-state index in [1.54, 1.807) is 24.3 Å². The second-order valence-electron chi connectivity index (χ2n) is 5.85. The number of hydrogen-bond donors (Lipinski definition) is 0. The first-order valence-electron chi connectivity index (χ1n) is 7.77. The minimum absolute atomic E-state index is 0.272. The molecule has 0 fully saturated rings. The fourth-order valence-electron chi connectivity index (χ4n) is 3.18. The summed E-state index contributed by atoms with van der Waals surface area (Å²) < 4.78 is 13.0. The molecular formula is C20H14FNO2. The summed E-state index contributed by atoms with van der Waals surface area (Å²) in [5.74, 6) is -0.845. The van der Waals surface area contributed by atoms with Crippen molar-refractivity contribution in [2.75, 3.05) is 6.54 Å². The van der Waals surface area contributed by atoms with Crippen molar-refractivity contribution in [3.05, 3.63) is 83.2 Å². The Morgan fingerprint density at radius 3 is 1.96 bits per heavy atom. The smallest absolute Gasteiger partial charge is 0.261 e. The van der Waals surface area contributed by atoms with Gasteiger partial charge in [-0.1, -0.05) is 36.4 Å². The molecule has 0 N–H and O–H groups in total. The average molecular weight is 319 g/mol. The van der Waals surface area contributed by atoms with Gasteiger partial charge in [0.2, 0.25) is 0 Å². The topological polar surface area (TPSA) is 37.4 Å². The van der Waals surface area contributed by atoms with Crippen LogP contribution in [0.15, 0.2) is 60.7 Å². The third-order valence-electron chi connectivity index (χ3n) is 4.39. The van der Waals surface area contributed by atoms with E-state index in [9.17, 15) is 14.0 Å². The number of imide groups is 1. The zero-order valence-corrected chi connectivity index (χ0v) is 12.8. The molecule has 1 aliphatic rings. The second-order valence-corrected chi connectivity index (χ2v) is 5.85. The van der Waals surface area contributed by atoms with Crippen LogP contribution in [0.5, 0.6) is 0 Å². The Morgan fingerprint density at radius 1 is 0.792 bits per heavy atom. The molecule has 0 unspecified atom stereocenters. The predicted molar refractivity (Wildman–Crippen MR) is 89.4 cm³/mol. The van der Waals surface area contributed by atoms with Crippen LogP contribution in [0.1, 0.15) is 26.3 Å². The molecule has 2 amide bonds. The molecule has 4 rings (SSSR count). The standard InChI is InChI=1S/C20H14FNO2/c21-15-9-7-13(8-10-15)11-12-22-19(23)16-5-1-3-14-4-2-6-17(18(14)16)20(22)24/h1-10H,11-12H2. The van der Waals surface area contributed by atoms with Crippen molar-refractivity contribution in [2.24, 2.45) is 0 Å². The van der Waals surface area contributed by atoms with Crippen molar-refractivity contribution in [1.82, 2.24) is 4.90 Å². The van der Waals surface area contributed by atoms with Crippen molar-refractivity contribution in [3.63, 3.8) is 0 Å². The highest BCUT2D eigenvalue weighted by molar-refractivity contribution is 6.25. The van der Waals surface area contributed by atoms with E-state index in [0.29, 0.717) is 17.5 Å². The SMILES string of the molecule is O=C1c2cccc3cccc(c23)C(=O)N1CCc1ccc(F)cc1. The van der Waals surface area contributed by atoms with Crippen LogP contribution in [0, 0.1) is 5.82 Å². The van der Waals surface area contributed by atoms with E-state index in [1.807, 2.05) is 24.3 Å². The van der Waals surface area contributed by atoms with Gasteiger partial charge in [0.15, 0.2) is 0 Å². The van der Waals surface area contributed by atoms with Crippen LogP contribution in [0.2, 0.25) is 0 Å². The van der Waals surface area contributed by atoms with Crippen LogP contribution >= 0.6 is 0 Å². The predicted octanol–water partition coefficient (Wildman–Crippen LogP) is 3.82. The van der Waals surface area contributed by atoms with Crippen LogP contribution < -0.4 is 0 Å². The highest BCUT2D eigenvalue weighted by Gasteiger charge is 2.32. The largest absolute Gasteiger partial charge is 0.274 e. The van der Waals surface area contributed by atoms with E-state index in [0.717, 1.165) is 16.3 Å². The van der Waals surface area contributed by atoms with Gasteiger partial charge >= 0.3 is 0 Å². The lowest BCUT2D eigenvalue weighted by molar-refractivity contribution is 0.0612. The minimum atomic E-state index is -0.301. The van der Waals surface area contributed by atoms with Gasteiger partial charge < -0.3 is 0 Å². The highest BCUT2D eigenvalue weighted by atomic mass is 19.1. The quantitative estimate of drug-likeness (QED) is 0.688. The van der Waals surface area contributed by atoms with Gasteiger partial charge in [-0.2, -0.15) is 0 Å². The fourth-order valence-corrected chi connectivity index (χ4v) is 3.18.